The summed E-state index contributed by atoms with van der Waals surface area (Å²) in [6.07, 6.45) is 4.19. The van der Waals surface area contributed by atoms with Crippen LogP contribution in [0.4, 0.5) is 17.3 Å². The van der Waals surface area contributed by atoms with E-state index in [0.717, 1.165) is 41.6 Å². The summed E-state index contributed by atoms with van der Waals surface area (Å²) >= 11 is 1.27. The monoisotopic (exact) mass is 508 g/mol. The minimum Gasteiger partial charge on any atom is -0.397 e. The van der Waals surface area contributed by atoms with E-state index in [4.69, 9.17) is 10.7 Å². The zero-order valence-electron chi connectivity index (χ0n) is 19.3. The van der Waals surface area contributed by atoms with Crippen molar-refractivity contribution in [3.05, 3.63) is 63.9 Å². The molecular weight excluding hydrogens is 484 g/mol. The van der Waals surface area contributed by atoms with Gasteiger partial charge in [0.05, 0.1) is 10.6 Å². The number of nitrogens with one attached hydrogen (secondary N) is 2. The lowest BCUT2D eigenvalue weighted by molar-refractivity contribution is 0.103. The molecule has 1 aliphatic rings. The molecule has 0 unspecified atom stereocenters. The fourth-order valence-electron chi connectivity index (χ4n) is 4.18. The van der Waals surface area contributed by atoms with Gasteiger partial charge in [0, 0.05) is 28.2 Å². The topological polar surface area (TPSA) is 140 Å². The molecule has 0 aliphatic heterocycles. The third kappa shape index (κ3) is 4.69. The van der Waals surface area contributed by atoms with E-state index in [1.807, 2.05) is 0 Å². The van der Waals surface area contributed by atoms with Crippen LogP contribution in [-0.4, -0.2) is 29.3 Å². The predicted molar refractivity (Wildman–Crippen MR) is 137 cm³/mol. The molecule has 4 aromatic rings. The maximum absolute atomic E-state index is 13.0. The lowest BCUT2D eigenvalue weighted by Gasteiger charge is -2.14. The molecule has 35 heavy (non-hydrogen) atoms. The molecule has 0 bridgehead atoms. The van der Waals surface area contributed by atoms with Crippen LogP contribution in [0.15, 0.2) is 41.3 Å². The molecule has 0 spiro atoms. The Balaban J connectivity index is 1.34. The van der Waals surface area contributed by atoms with Gasteiger partial charge in [-0.15, -0.1) is 11.3 Å². The van der Waals surface area contributed by atoms with E-state index in [1.54, 1.807) is 19.9 Å². The first kappa shape index (κ1) is 23.2. The summed E-state index contributed by atoms with van der Waals surface area (Å²) in [5.41, 5.74) is 10.8. The molecule has 1 aliphatic carbocycles. The Kier molecular flexibility index (Phi) is 5.89. The molecular formula is C24H24N6O3S2. The molecule has 3 aromatic heterocycles. The van der Waals surface area contributed by atoms with E-state index in [9.17, 15) is 13.2 Å². The highest BCUT2D eigenvalue weighted by Crippen LogP contribution is 2.36. The van der Waals surface area contributed by atoms with Crippen LogP contribution in [0, 0.1) is 13.8 Å². The molecule has 9 nitrogen and oxygen atoms in total. The number of nitrogens with two attached hydrogens (primary N) is 1. The van der Waals surface area contributed by atoms with Crippen LogP contribution in [0.1, 0.15) is 45.2 Å². The van der Waals surface area contributed by atoms with Gasteiger partial charge < -0.3 is 11.1 Å². The number of anilines is 3. The van der Waals surface area contributed by atoms with Crippen LogP contribution in [-0.2, 0) is 22.9 Å². The number of fused-ring (bicyclic) bond motifs is 2. The number of amides is 1. The SMILES string of the molecule is Cc1cc(C)nc(NS(=O)(=O)c2ccc(NC(=O)c3sc4nc5c(cc4c3N)CCCC5)cc2)n1. The van der Waals surface area contributed by atoms with E-state index in [0.29, 0.717) is 27.6 Å². The number of carbonyl (C=O) groups is 1. The van der Waals surface area contributed by atoms with Crippen molar-refractivity contribution in [2.24, 2.45) is 0 Å². The number of aromatic nitrogens is 3. The Hall–Kier alpha value is -3.57. The molecule has 0 atom stereocenters. The summed E-state index contributed by atoms with van der Waals surface area (Å²) in [5, 5.41) is 3.60. The lowest BCUT2D eigenvalue weighted by atomic mass is 9.95. The summed E-state index contributed by atoms with van der Waals surface area (Å²) in [6.45, 7) is 3.52. The van der Waals surface area contributed by atoms with E-state index in [-0.39, 0.29) is 16.8 Å². The van der Waals surface area contributed by atoms with Crippen LogP contribution >= 0.6 is 11.3 Å². The number of hydrogen-bond acceptors (Lipinski definition) is 8. The molecule has 1 aromatic carbocycles. The van der Waals surface area contributed by atoms with Crippen molar-refractivity contribution >= 4 is 54.8 Å². The van der Waals surface area contributed by atoms with Crippen molar-refractivity contribution in [1.82, 2.24) is 15.0 Å². The molecule has 1 amide bonds. The standard InChI is InChI=1S/C24H24N6O3S2/c1-13-11-14(2)27-24(26-13)30-35(32,33)17-9-7-16(8-10-17)28-22(31)21-20(25)18-12-15-5-3-4-6-19(15)29-23(18)34-21/h7-12H,3-6,25H2,1-2H3,(H,28,31)(H,26,27,30). The first-order chi connectivity index (χ1) is 16.7. The average molecular weight is 509 g/mol. The second-order valence-corrected chi connectivity index (χ2v) is 11.2. The molecule has 0 radical (unpaired) electrons. The van der Waals surface area contributed by atoms with Gasteiger partial charge in [-0.3, -0.25) is 4.79 Å². The normalized spacial score (nSPS) is 13.4. The lowest BCUT2D eigenvalue weighted by Crippen LogP contribution is -2.16. The molecule has 3 heterocycles. The fraction of sp³-hybridized carbons (Fsp3) is 0.250. The maximum atomic E-state index is 13.0. The van der Waals surface area contributed by atoms with E-state index in [2.05, 4.69) is 26.1 Å². The number of benzene rings is 1. The van der Waals surface area contributed by atoms with Gasteiger partial charge in [-0.2, -0.15) is 0 Å². The van der Waals surface area contributed by atoms with Crippen molar-refractivity contribution in [3.63, 3.8) is 0 Å². The molecule has 4 N–H and O–H groups in total. The van der Waals surface area contributed by atoms with Crippen LogP contribution in [0.2, 0.25) is 0 Å². The van der Waals surface area contributed by atoms with E-state index >= 15 is 0 Å². The van der Waals surface area contributed by atoms with Crippen LogP contribution in [0.25, 0.3) is 10.2 Å². The third-order valence-corrected chi connectivity index (χ3v) is 8.29. The van der Waals surface area contributed by atoms with Gasteiger partial charge in [0.25, 0.3) is 15.9 Å². The van der Waals surface area contributed by atoms with Gasteiger partial charge in [0.1, 0.15) is 9.71 Å². The summed E-state index contributed by atoms with van der Waals surface area (Å²) in [7, 11) is -3.89. The summed E-state index contributed by atoms with van der Waals surface area (Å²) in [6, 6.07) is 9.67. The predicted octanol–water partition coefficient (Wildman–Crippen LogP) is 4.22. The second kappa shape index (κ2) is 8.90. The van der Waals surface area contributed by atoms with Crippen molar-refractivity contribution in [1.29, 1.82) is 0 Å². The van der Waals surface area contributed by atoms with Crippen LogP contribution in [0.5, 0.6) is 0 Å². The van der Waals surface area contributed by atoms with Crippen LogP contribution < -0.4 is 15.8 Å². The number of nitrogens with zero attached hydrogens (tertiary/aromatic N) is 3. The Morgan fingerprint density at radius 2 is 1.69 bits per heavy atom. The number of nitrogen functional groups attached to an aromatic ring is 1. The number of thiophene rings is 1. The molecule has 180 valence electrons. The highest BCUT2D eigenvalue weighted by atomic mass is 32.2. The van der Waals surface area contributed by atoms with E-state index in [1.165, 1.54) is 41.2 Å². The highest BCUT2D eigenvalue weighted by molar-refractivity contribution is 7.92. The Morgan fingerprint density at radius 1 is 1.00 bits per heavy atom. The number of aryl methyl sites for hydroxylation is 4. The van der Waals surface area contributed by atoms with Crippen molar-refractivity contribution in [2.75, 3.05) is 15.8 Å². The smallest absolute Gasteiger partial charge is 0.267 e. The molecule has 0 saturated carbocycles. The maximum Gasteiger partial charge on any atom is 0.267 e. The fourth-order valence-corrected chi connectivity index (χ4v) is 6.12. The largest absolute Gasteiger partial charge is 0.397 e. The van der Waals surface area contributed by atoms with Gasteiger partial charge in [0.2, 0.25) is 5.95 Å². The van der Waals surface area contributed by atoms with Gasteiger partial charge in [0.15, 0.2) is 0 Å². The number of sulfonamides is 1. The van der Waals surface area contributed by atoms with E-state index < -0.39 is 10.0 Å². The first-order valence-corrected chi connectivity index (χ1v) is 13.5. The average Bonchev–Trinajstić information content (AvgIpc) is 3.12. The Bertz CT molecular complexity index is 1540. The summed E-state index contributed by atoms with van der Waals surface area (Å²) in [4.78, 5) is 27.1. The third-order valence-electron chi connectivity index (χ3n) is 5.84. The zero-order valence-corrected chi connectivity index (χ0v) is 20.9. The number of hydrogen-bond donors (Lipinski definition) is 3. The molecule has 11 heteroatoms. The number of rotatable bonds is 5. The Labute approximate surface area is 206 Å². The minimum absolute atomic E-state index is 0.00963. The quantitative estimate of drug-likeness (QED) is 0.367. The first-order valence-electron chi connectivity index (χ1n) is 11.2. The van der Waals surface area contributed by atoms with Gasteiger partial charge in [-0.1, -0.05) is 0 Å². The van der Waals surface area contributed by atoms with Gasteiger partial charge in [-0.05, 0) is 81.5 Å². The highest BCUT2D eigenvalue weighted by Gasteiger charge is 2.21. The minimum atomic E-state index is -3.89. The number of pyridine rings is 1. The van der Waals surface area contributed by atoms with Crippen molar-refractivity contribution in [2.45, 2.75) is 44.4 Å². The van der Waals surface area contributed by atoms with Gasteiger partial charge in [-0.25, -0.2) is 28.1 Å². The van der Waals surface area contributed by atoms with Gasteiger partial charge >= 0.3 is 0 Å². The molecule has 0 fully saturated rings. The van der Waals surface area contributed by atoms with Crippen molar-refractivity contribution < 1.29 is 13.2 Å². The number of carbonyl (C=O) groups excluding carboxylic acids is 1. The summed E-state index contributed by atoms with van der Waals surface area (Å²) < 4.78 is 27.9. The van der Waals surface area contributed by atoms with Crippen LogP contribution in [0.3, 0.4) is 0 Å². The molecule has 5 rings (SSSR count). The zero-order chi connectivity index (χ0) is 24.7. The molecule has 0 saturated heterocycles. The second-order valence-electron chi connectivity index (χ2n) is 8.56. The van der Waals surface area contributed by atoms with Crippen molar-refractivity contribution in [3.8, 4) is 0 Å². The summed E-state index contributed by atoms with van der Waals surface area (Å²) in [5.74, 6) is -0.351. The Morgan fingerprint density at radius 3 is 2.40 bits per heavy atom.